The quantitative estimate of drug-likeness (QED) is 0.845. The molecule has 1 aromatic rings. The van der Waals surface area contributed by atoms with Crippen molar-refractivity contribution in [1.29, 1.82) is 0 Å². The third-order valence-corrected chi connectivity index (χ3v) is 3.58. The Morgan fingerprint density at radius 3 is 2.88 bits per heavy atom. The van der Waals surface area contributed by atoms with Crippen molar-refractivity contribution in [2.45, 2.75) is 38.6 Å². The molecule has 1 aliphatic heterocycles. The van der Waals surface area contributed by atoms with E-state index in [1.54, 1.807) is 0 Å². The third kappa shape index (κ3) is 2.22. The SMILES string of the molecule is CCC(CN)N1CCCCc2ccccc21. The number of rotatable bonds is 3. The van der Waals surface area contributed by atoms with Gasteiger partial charge in [0, 0.05) is 24.8 Å². The van der Waals surface area contributed by atoms with Gasteiger partial charge in [0.2, 0.25) is 0 Å². The van der Waals surface area contributed by atoms with Crippen molar-refractivity contribution in [1.82, 2.24) is 0 Å². The van der Waals surface area contributed by atoms with E-state index in [-0.39, 0.29) is 0 Å². The standard InChI is InChI=1S/C14H22N2/c1-2-13(11-15)16-10-6-5-8-12-7-3-4-9-14(12)16/h3-4,7,9,13H,2,5-6,8,10-11,15H2,1H3. The summed E-state index contributed by atoms with van der Waals surface area (Å²) in [5, 5.41) is 0. The van der Waals surface area contributed by atoms with Crippen molar-refractivity contribution in [3.63, 3.8) is 0 Å². The van der Waals surface area contributed by atoms with Crippen LogP contribution in [0.25, 0.3) is 0 Å². The molecule has 0 spiro atoms. The average Bonchev–Trinajstić information content (AvgIpc) is 2.54. The topological polar surface area (TPSA) is 29.3 Å². The minimum absolute atomic E-state index is 0.499. The molecular formula is C14H22N2. The molecule has 0 fully saturated rings. The Morgan fingerprint density at radius 1 is 1.31 bits per heavy atom. The molecule has 0 amide bonds. The number of hydrogen-bond acceptors (Lipinski definition) is 2. The van der Waals surface area contributed by atoms with Gasteiger partial charge in [-0.2, -0.15) is 0 Å². The van der Waals surface area contributed by atoms with Crippen molar-refractivity contribution >= 4 is 5.69 Å². The molecule has 2 rings (SSSR count). The summed E-state index contributed by atoms with van der Waals surface area (Å²) in [4.78, 5) is 2.52. The van der Waals surface area contributed by atoms with E-state index in [4.69, 9.17) is 5.73 Å². The number of aryl methyl sites for hydroxylation is 1. The summed E-state index contributed by atoms with van der Waals surface area (Å²) in [6.07, 6.45) is 4.93. The first-order chi connectivity index (χ1) is 7.86. The number of para-hydroxylation sites is 1. The Morgan fingerprint density at radius 2 is 2.12 bits per heavy atom. The maximum atomic E-state index is 5.88. The first kappa shape index (κ1) is 11.5. The molecule has 0 radical (unpaired) electrons. The molecule has 0 aromatic heterocycles. The number of nitrogens with zero attached hydrogens (tertiary/aromatic N) is 1. The third-order valence-electron chi connectivity index (χ3n) is 3.58. The van der Waals surface area contributed by atoms with Gasteiger partial charge >= 0.3 is 0 Å². The van der Waals surface area contributed by atoms with Gasteiger partial charge in [0.1, 0.15) is 0 Å². The fourth-order valence-electron chi connectivity index (χ4n) is 2.61. The van der Waals surface area contributed by atoms with Gasteiger partial charge < -0.3 is 10.6 Å². The van der Waals surface area contributed by atoms with Gasteiger partial charge in [-0.1, -0.05) is 25.1 Å². The molecular weight excluding hydrogens is 196 g/mol. The minimum Gasteiger partial charge on any atom is -0.367 e. The van der Waals surface area contributed by atoms with Crippen LogP contribution >= 0.6 is 0 Å². The second-order valence-electron chi connectivity index (χ2n) is 4.58. The van der Waals surface area contributed by atoms with E-state index in [1.165, 1.54) is 30.5 Å². The number of hydrogen-bond donors (Lipinski definition) is 1. The highest BCUT2D eigenvalue weighted by Gasteiger charge is 2.20. The Hall–Kier alpha value is -1.02. The van der Waals surface area contributed by atoms with Crippen LogP contribution in [-0.2, 0) is 6.42 Å². The molecule has 2 heteroatoms. The minimum atomic E-state index is 0.499. The van der Waals surface area contributed by atoms with E-state index >= 15 is 0 Å². The maximum absolute atomic E-state index is 5.88. The first-order valence-corrected chi connectivity index (χ1v) is 6.41. The average molecular weight is 218 g/mol. The molecule has 0 bridgehead atoms. The van der Waals surface area contributed by atoms with E-state index in [1.807, 2.05) is 0 Å². The highest BCUT2D eigenvalue weighted by molar-refractivity contribution is 5.55. The Kier molecular flexibility index (Phi) is 3.83. The fourth-order valence-corrected chi connectivity index (χ4v) is 2.61. The van der Waals surface area contributed by atoms with Crippen molar-refractivity contribution in [3.05, 3.63) is 29.8 Å². The molecule has 1 unspecified atom stereocenters. The van der Waals surface area contributed by atoms with E-state index in [0.29, 0.717) is 6.04 Å². The highest BCUT2D eigenvalue weighted by atomic mass is 15.2. The van der Waals surface area contributed by atoms with Crippen molar-refractivity contribution in [2.75, 3.05) is 18.0 Å². The van der Waals surface area contributed by atoms with E-state index < -0.39 is 0 Å². The zero-order valence-corrected chi connectivity index (χ0v) is 10.2. The zero-order chi connectivity index (χ0) is 11.4. The van der Waals surface area contributed by atoms with E-state index in [9.17, 15) is 0 Å². The molecule has 0 aliphatic carbocycles. The number of anilines is 1. The number of nitrogens with two attached hydrogens (primary N) is 1. The molecule has 1 atom stereocenters. The smallest absolute Gasteiger partial charge is 0.0409 e. The molecule has 16 heavy (non-hydrogen) atoms. The van der Waals surface area contributed by atoms with Crippen molar-refractivity contribution < 1.29 is 0 Å². The van der Waals surface area contributed by atoms with Gasteiger partial charge in [-0.3, -0.25) is 0 Å². The van der Waals surface area contributed by atoms with Crippen LogP contribution in [0.1, 0.15) is 31.7 Å². The summed E-state index contributed by atoms with van der Waals surface area (Å²) >= 11 is 0. The summed E-state index contributed by atoms with van der Waals surface area (Å²) < 4.78 is 0. The second-order valence-corrected chi connectivity index (χ2v) is 4.58. The number of fused-ring (bicyclic) bond motifs is 1. The molecule has 88 valence electrons. The monoisotopic (exact) mass is 218 g/mol. The summed E-state index contributed by atoms with van der Waals surface area (Å²) in [6.45, 7) is 4.14. The molecule has 1 aliphatic rings. The molecule has 1 aromatic carbocycles. The lowest BCUT2D eigenvalue weighted by Gasteiger charge is -2.32. The second kappa shape index (κ2) is 5.35. The highest BCUT2D eigenvalue weighted by Crippen LogP contribution is 2.28. The van der Waals surface area contributed by atoms with Crippen LogP contribution in [0.3, 0.4) is 0 Å². The van der Waals surface area contributed by atoms with Gasteiger partial charge in [-0.05, 0) is 37.3 Å². The van der Waals surface area contributed by atoms with Crippen LogP contribution in [0.4, 0.5) is 5.69 Å². The first-order valence-electron chi connectivity index (χ1n) is 6.41. The van der Waals surface area contributed by atoms with Crippen LogP contribution in [0.15, 0.2) is 24.3 Å². The normalized spacial score (nSPS) is 17.8. The van der Waals surface area contributed by atoms with Gasteiger partial charge in [0.25, 0.3) is 0 Å². The predicted octanol–water partition coefficient (Wildman–Crippen LogP) is 2.57. The Bertz CT molecular complexity index is 331. The largest absolute Gasteiger partial charge is 0.367 e. The molecule has 2 N–H and O–H groups in total. The lowest BCUT2D eigenvalue weighted by molar-refractivity contribution is 0.571. The van der Waals surface area contributed by atoms with Gasteiger partial charge in [-0.15, -0.1) is 0 Å². The maximum Gasteiger partial charge on any atom is 0.0409 e. The van der Waals surface area contributed by atoms with Crippen LogP contribution in [0.2, 0.25) is 0 Å². The Labute approximate surface area is 98.4 Å². The number of benzene rings is 1. The van der Waals surface area contributed by atoms with Crippen LogP contribution in [0, 0.1) is 0 Å². The predicted molar refractivity (Wildman–Crippen MR) is 69.9 cm³/mol. The van der Waals surface area contributed by atoms with Crippen molar-refractivity contribution in [2.24, 2.45) is 5.73 Å². The molecule has 1 heterocycles. The summed E-state index contributed by atoms with van der Waals surface area (Å²) in [6, 6.07) is 9.29. The van der Waals surface area contributed by atoms with E-state index in [0.717, 1.165) is 19.5 Å². The van der Waals surface area contributed by atoms with Gasteiger partial charge in [0.15, 0.2) is 0 Å². The van der Waals surface area contributed by atoms with Crippen LogP contribution in [-0.4, -0.2) is 19.1 Å². The summed E-state index contributed by atoms with van der Waals surface area (Å²) in [5.74, 6) is 0. The summed E-state index contributed by atoms with van der Waals surface area (Å²) in [5.41, 5.74) is 8.79. The van der Waals surface area contributed by atoms with Gasteiger partial charge in [0.05, 0.1) is 0 Å². The van der Waals surface area contributed by atoms with Gasteiger partial charge in [-0.25, -0.2) is 0 Å². The molecule has 2 nitrogen and oxygen atoms in total. The van der Waals surface area contributed by atoms with Crippen molar-refractivity contribution in [3.8, 4) is 0 Å². The Balaban J connectivity index is 2.31. The summed E-state index contributed by atoms with van der Waals surface area (Å²) in [7, 11) is 0. The van der Waals surface area contributed by atoms with E-state index in [2.05, 4.69) is 36.1 Å². The fraction of sp³-hybridized carbons (Fsp3) is 0.571. The molecule has 0 saturated heterocycles. The lowest BCUT2D eigenvalue weighted by Crippen LogP contribution is -2.40. The van der Waals surface area contributed by atoms with Crippen LogP contribution < -0.4 is 10.6 Å². The lowest BCUT2D eigenvalue weighted by atomic mass is 10.1. The zero-order valence-electron chi connectivity index (χ0n) is 10.2. The molecule has 0 saturated carbocycles. The van der Waals surface area contributed by atoms with Crippen LogP contribution in [0.5, 0.6) is 0 Å².